The molecule has 0 fully saturated rings. The summed E-state index contributed by atoms with van der Waals surface area (Å²) in [6.07, 6.45) is 7.43. The summed E-state index contributed by atoms with van der Waals surface area (Å²) < 4.78 is 1.87. The Balaban J connectivity index is 2.11. The van der Waals surface area contributed by atoms with Gasteiger partial charge in [-0.15, -0.1) is 0 Å². The van der Waals surface area contributed by atoms with E-state index < -0.39 is 0 Å². The Bertz CT molecular complexity index is 760. The second kappa shape index (κ2) is 5.66. The first-order valence-corrected chi connectivity index (χ1v) is 7.28. The van der Waals surface area contributed by atoms with Gasteiger partial charge >= 0.3 is 0 Å². The Morgan fingerprint density at radius 2 is 2.05 bits per heavy atom. The lowest BCUT2D eigenvalue weighted by Gasteiger charge is -2.18. The molecule has 0 amide bonds. The summed E-state index contributed by atoms with van der Waals surface area (Å²) in [5.41, 5.74) is 6.09. The lowest BCUT2D eigenvalue weighted by Crippen LogP contribution is -2.22. The van der Waals surface area contributed by atoms with Gasteiger partial charge in [0.05, 0.1) is 24.0 Å². The third kappa shape index (κ3) is 2.54. The van der Waals surface area contributed by atoms with Gasteiger partial charge in [0.1, 0.15) is 0 Å². The van der Waals surface area contributed by atoms with Gasteiger partial charge in [-0.05, 0) is 37.1 Å². The molecule has 4 nitrogen and oxygen atoms in total. The van der Waals surface area contributed by atoms with Gasteiger partial charge in [-0.2, -0.15) is 5.10 Å². The topological polar surface area (TPSA) is 42.2 Å². The largest absolute Gasteiger partial charge is 0.306 e. The third-order valence-corrected chi connectivity index (χ3v) is 3.94. The Morgan fingerprint density at radius 3 is 2.81 bits per heavy atom. The van der Waals surface area contributed by atoms with E-state index in [1.165, 1.54) is 16.7 Å². The zero-order chi connectivity index (χ0) is 14.8. The van der Waals surface area contributed by atoms with Crippen molar-refractivity contribution in [2.24, 2.45) is 0 Å². The van der Waals surface area contributed by atoms with E-state index in [0.717, 1.165) is 17.6 Å². The summed E-state index contributed by atoms with van der Waals surface area (Å²) in [5, 5.41) is 7.98. The van der Waals surface area contributed by atoms with Crippen molar-refractivity contribution in [2.75, 3.05) is 6.54 Å². The minimum absolute atomic E-state index is 0.135. The highest BCUT2D eigenvalue weighted by Crippen LogP contribution is 2.26. The van der Waals surface area contributed by atoms with Crippen molar-refractivity contribution < 1.29 is 0 Å². The number of benzene rings is 1. The lowest BCUT2D eigenvalue weighted by molar-refractivity contribution is 0.633. The quantitative estimate of drug-likeness (QED) is 0.798. The lowest BCUT2D eigenvalue weighted by atomic mass is 9.96. The van der Waals surface area contributed by atoms with Crippen molar-refractivity contribution >= 4 is 5.52 Å². The van der Waals surface area contributed by atoms with Gasteiger partial charge in [0.25, 0.3) is 0 Å². The molecular formula is C17H20N4. The van der Waals surface area contributed by atoms with Gasteiger partial charge in [0.2, 0.25) is 0 Å². The van der Waals surface area contributed by atoms with Crippen LogP contribution in [0.1, 0.15) is 35.2 Å². The van der Waals surface area contributed by atoms with Crippen LogP contribution in [0.25, 0.3) is 5.52 Å². The molecule has 21 heavy (non-hydrogen) atoms. The molecule has 3 rings (SSSR count). The first-order chi connectivity index (χ1) is 10.2. The van der Waals surface area contributed by atoms with Crippen molar-refractivity contribution in [2.45, 2.75) is 26.8 Å². The fourth-order valence-corrected chi connectivity index (χ4v) is 2.63. The van der Waals surface area contributed by atoms with Crippen LogP contribution >= 0.6 is 0 Å². The summed E-state index contributed by atoms with van der Waals surface area (Å²) in [6, 6.07) is 6.76. The molecular weight excluding hydrogens is 260 g/mol. The molecule has 1 atom stereocenters. The van der Waals surface area contributed by atoms with Gasteiger partial charge in [0, 0.05) is 18.0 Å². The number of aromatic nitrogens is 3. The van der Waals surface area contributed by atoms with Crippen molar-refractivity contribution in [1.29, 1.82) is 0 Å². The van der Waals surface area contributed by atoms with Crippen LogP contribution in [0.5, 0.6) is 0 Å². The van der Waals surface area contributed by atoms with Gasteiger partial charge < -0.3 is 5.32 Å². The predicted molar refractivity (Wildman–Crippen MR) is 84.4 cm³/mol. The number of nitrogens with one attached hydrogen (secondary N) is 1. The molecule has 0 saturated heterocycles. The summed E-state index contributed by atoms with van der Waals surface area (Å²) in [4.78, 5) is 4.23. The zero-order valence-electron chi connectivity index (χ0n) is 12.7. The first-order valence-electron chi connectivity index (χ1n) is 7.28. The highest BCUT2D eigenvalue weighted by atomic mass is 15.2. The SMILES string of the molecule is CCNC(c1ccc(C)c(C)c1)c1cnn2ccncc12. The Labute approximate surface area is 124 Å². The summed E-state index contributed by atoms with van der Waals surface area (Å²) in [5.74, 6) is 0. The van der Waals surface area contributed by atoms with Crippen LogP contribution in [0.4, 0.5) is 0 Å². The molecule has 2 heterocycles. The Hall–Kier alpha value is -2.20. The average molecular weight is 280 g/mol. The zero-order valence-corrected chi connectivity index (χ0v) is 12.7. The molecule has 0 spiro atoms. The van der Waals surface area contributed by atoms with Crippen LogP contribution < -0.4 is 5.32 Å². The van der Waals surface area contributed by atoms with Gasteiger partial charge in [-0.1, -0.05) is 25.1 Å². The van der Waals surface area contributed by atoms with Crippen LogP contribution in [0, 0.1) is 13.8 Å². The maximum atomic E-state index is 4.42. The highest BCUT2D eigenvalue weighted by Gasteiger charge is 2.18. The average Bonchev–Trinajstić information content (AvgIpc) is 2.92. The van der Waals surface area contributed by atoms with E-state index in [4.69, 9.17) is 0 Å². The van der Waals surface area contributed by atoms with Crippen LogP contribution in [0.15, 0.2) is 43.0 Å². The maximum Gasteiger partial charge on any atom is 0.0896 e. The molecule has 1 unspecified atom stereocenters. The van der Waals surface area contributed by atoms with Crippen LogP contribution in [0.2, 0.25) is 0 Å². The number of rotatable bonds is 4. The van der Waals surface area contributed by atoms with E-state index in [1.807, 2.05) is 23.1 Å². The minimum Gasteiger partial charge on any atom is -0.306 e. The van der Waals surface area contributed by atoms with E-state index >= 15 is 0 Å². The van der Waals surface area contributed by atoms with Gasteiger partial charge in [-0.3, -0.25) is 4.98 Å². The summed E-state index contributed by atoms with van der Waals surface area (Å²) in [6.45, 7) is 7.31. The van der Waals surface area contributed by atoms with Crippen molar-refractivity contribution in [1.82, 2.24) is 19.9 Å². The van der Waals surface area contributed by atoms with Crippen molar-refractivity contribution in [3.8, 4) is 0 Å². The molecule has 0 aliphatic heterocycles. The minimum atomic E-state index is 0.135. The molecule has 1 aromatic carbocycles. The fourth-order valence-electron chi connectivity index (χ4n) is 2.63. The molecule has 108 valence electrons. The number of hydrogen-bond donors (Lipinski definition) is 1. The van der Waals surface area contributed by atoms with E-state index in [1.54, 1.807) is 6.20 Å². The third-order valence-electron chi connectivity index (χ3n) is 3.94. The summed E-state index contributed by atoms with van der Waals surface area (Å²) in [7, 11) is 0. The normalized spacial score (nSPS) is 12.7. The standard InChI is InChI=1S/C17H20N4/c1-4-19-17(14-6-5-12(2)13(3)9-14)15-10-20-21-8-7-18-11-16(15)21/h5-11,17,19H,4H2,1-3H3. The molecule has 0 saturated carbocycles. The fraction of sp³-hybridized carbons (Fsp3) is 0.294. The molecule has 0 aliphatic rings. The summed E-state index contributed by atoms with van der Waals surface area (Å²) >= 11 is 0. The van der Waals surface area contributed by atoms with Crippen molar-refractivity contribution in [3.05, 3.63) is 65.2 Å². The van der Waals surface area contributed by atoms with Crippen molar-refractivity contribution in [3.63, 3.8) is 0 Å². The van der Waals surface area contributed by atoms with E-state index in [9.17, 15) is 0 Å². The highest BCUT2D eigenvalue weighted by molar-refractivity contribution is 5.56. The molecule has 4 heteroatoms. The predicted octanol–water partition coefficient (Wildman–Crippen LogP) is 3.05. The number of nitrogens with zero attached hydrogens (tertiary/aromatic N) is 3. The first kappa shape index (κ1) is 13.8. The molecule has 3 aromatic rings. The van der Waals surface area contributed by atoms with E-state index in [2.05, 4.69) is 54.4 Å². The van der Waals surface area contributed by atoms with Crippen LogP contribution in [-0.2, 0) is 0 Å². The number of hydrogen-bond acceptors (Lipinski definition) is 3. The smallest absolute Gasteiger partial charge is 0.0896 e. The molecule has 0 radical (unpaired) electrons. The molecule has 2 aromatic heterocycles. The maximum absolute atomic E-state index is 4.42. The Morgan fingerprint density at radius 1 is 1.19 bits per heavy atom. The molecule has 0 bridgehead atoms. The Kier molecular flexibility index (Phi) is 3.71. The van der Waals surface area contributed by atoms with Gasteiger partial charge in [-0.25, -0.2) is 4.52 Å². The monoisotopic (exact) mass is 280 g/mol. The number of fused-ring (bicyclic) bond motifs is 1. The van der Waals surface area contributed by atoms with E-state index in [-0.39, 0.29) is 6.04 Å². The number of aryl methyl sites for hydroxylation is 2. The second-order valence-corrected chi connectivity index (χ2v) is 5.34. The van der Waals surface area contributed by atoms with E-state index in [0.29, 0.717) is 0 Å². The molecule has 1 N–H and O–H groups in total. The van der Waals surface area contributed by atoms with Gasteiger partial charge in [0.15, 0.2) is 0 Å². The van der Waals surface area contributed by atoms with Crippen LogP contribution in [-0.4, -0.2) is 21.1 Å². The second-order valence-electron chi connectivity index (χ2n) is 5.34. The van der Waals surface area contributed by atoms with Crippen LogP contribution in [0.3, 0.4) is 0 Å². The molecule has 0 aliphatic carbocycles.